The van der Waals surface area contributed by atoms with Gasteiger partial charge in [-0.25, -0.2) is 5.43 Å². The molecule has 6 nitrogen and oxygen atoms in total. The average molecular weight is 332 g/mol. The molecule has 2 amide bonds. The summed E-state index contributed by atoms with van der Waals surface area (Å²) in [6.07, 6.45) is 1.36. The van der Waals surface area contributed by atoms with Crippen LogP contribution in [0.1, 0.15) is 5.56 Å². The second-order valence-electron chi connectivity index (χ2n) is 4.40. The molecule has 0 spiro atoms. The summed E-state index contributed by atoms with van der Waals surface area (Å²) in [6, 6.07) is 13.6. The molecule has 0 aliphatic heterocycles. The zero-order chi connectivity index (χ0) is 16.7. The Hall–Kier alpha value is -2.86. The number of methoxy groups -OCH3 is 1. The van der Waals surface area contributed by atoms with Gasteiger partial charge in [0.25, 0.3) is 0 Å². The number of hydrogen-bond donors (Lipinski definition) is 2. The highest BCUT2D eigenvalue weighted by molar-refractivity contribution is 6.39. The number of amides is 2. The minimum atomic E-state index is -0.885. The van der Waals surface area contributed by atoms with Gasteiger partial charge in [0, 0.05) is 16.3 Å². The first-order chi connectivity index (χ1) is 11.1. The lowest BCUT2D eigenvalue weighted by atomic mass is 10.2. The molecule has 0 saturated carbocycles. The summed E-state index contributed by atoms with van der Waals surface area (Å²) >= 11 is 5.94. The third-order valence-corrected chi connectivity index (χ3v) is 3.17. The van der Waals surface area contributed by atoms with Crippen LogP contribution in [0.2, 0.25) is 5.02 Å². The molecule has 0 fully saturated rings. The van der Waals surface area contributed by atoms with Crippen LogP contribution >= 0.6 is 11.6 Å². The number of carbonyl (C=O) groups is 2. The van der Waals surface area contributed by atoms with Gasteiger partial charge in [0.05, 0.1) is 13.3 Å². The van der Waals surface area contributed by atoms with Gasteiger partial charge in [0.2, 0.25) is 0 Å². The second kappa shape index (κ2) is 7.95. The first kappa shape index (κ1) is 16.5. The SMILES string of the molecule is COc1ccc(NC(=O)C(=O)N/N=C/c2ccccc2Cl)cc1. The van der Waals surface area contributed by atoms with Gasteiger partial charge in [-0.05, 0) is 30.3 Å². The Morgan fingerprint density at radius 3 is 2.43 bits per heavy atom. The Bertz CT molecular complexity index is 730. The normalized spacial score (nSPS) is 10.3. The second-order valence-corrected chi connectivity index (χ2v) is 4.81. The molecule has 7 heteroatoms. The van der Waals surface area contributed by atoms with Crippen LogP contribution in [0.15, 0.2) is 53.6 Å². The minimum absolute atomic E-state index is 0.473. The monoisotopic (exact) mass is 331 g/mol. The molecule has 0 bridgehead atoms. The maximum Gasteiger partial charge on any atom is 0.329 e. The van der Waals surface area contributed by atoms with Crippen LogP contribution in [0.5, 0.6) is 5.75 Å². The molecule has 0 atom stereocenters. The van der Waals surface area contributed by atoms with Crippen LogP contribution in [-0.4, -0.2) is 25.1 Å². The number of benzene rings is 2. The van der Waals surface area contributed by atoms with E-state index in [9.17, 15) is 9.59 Å². The van der Waals surface area contributed by atoms with E-state index < -0.39 is 11.8 Å². The van der Waals surface area contributed by atoms with E-state index in [1.165, 1.54) is 13.3 Å². The lowest BCUT2D eigenvalue weighted by molar-refractivity contribution is -0.136. The number of nitrogens with one attached hydrogen (secondary N) is 2. The molecular weight excluding hydrogens is 318 g/mol. The van der Waals surface area contributed by atoms with E-state index in [4.69, 9.17) is 16.3 Å². The average Bonchev–Trinajstić information content (AvgIpc) is 2.57. The highest BCUT2D eigenvalue weighted by atomic mass is 35.5. The van der Waals surface area contributed by atoms with Crippen molar-refractivity contribution in [3.63, 3.8) is 0 Å². The molecule has 0 radical (unpaired) electrons. The molecule has 23 heavy (non-hydrogen) atoms. The molecule has 0 aromatic heterocycles. The zero-order valence-electron chi connectivity index (χ0n) is 12.2. The Balaban J connectivity index is 1.89. The van der Waals surface area contributed by atoms with Crippen LogP contribution in [0.25, 0.3) is 0 Å². The number of halogens is 1. The summed E-state index contributed by atoms with van der Waals surface area (Å²) in [6.45, 7) is 0. The van der Waals surface area contributed by atoms with Crippen LogP contribution in [0, 0.1) is 0 Å². The van der Waals surface area contributed by atoms with Crippen molar-refractivity contribution >= 4 is 35.3 Å². The molecule has 2 aromatic rings. The van der Waals surface area contributed by atoms with Crippen molar-refractivity contribution in [1.82, 2.24) is 5.43 Å². The van der Waals surface area contributed by atoms with Gasteiger partial charge in [-0.3, -0.25) is 9.59 Å². The molecule has 0 heterocycles. The predicted molar refractivity (Wildman–Crippen MR) is 88.8 cm³/mol. The summed E-state index contributed by atoms with van der Waals surface area (Å²) in [5.41, 5.74) is 3.24. The maximum absolute atomic E-state index is 11.7. The van der Waals surface area contributed by atoms with Gasteiger partial charge in [-0.1, -0.05) is 29.8 Å². The van der Waals surface area contributed by atoms with E-state index in [1.54, 1.807) is 48.5 Å². The van der Waals surface area contributed by atoms with Gasteiger partial charge >= 0.3 is 11.8 Å². The third kappa shape index (κ3) is 4.82. The summed E-state index contributed by atoms with van der Waals surface area (Å²) < 4.78 is 5.00. The van der Waals surface area contributed by atoms with Crippen LogP contribution in [-0.2, 0) is 9.59 Å². The van der Waals surface area contributed by atoms with Crippen molar-refractivity contribution in [3.8, 4) is 5.75 Å². The largest absolute Gasteiger partial charge is 0.497 e. The molecule has 2 aromatic carbocycles. The molecule has 0 aliphatic carbocycles. The summed E-state index contributed by atoms with van der Waals surface area (Å²) in [5.74, 6) is -1.06. The van der Waals surface area contributed by atoms with Crippen molar-refractivity contribution < 1.29 is 14.3 Å². The van der Waals surface area contributed by atoms with Gasteiger partial charge in [-0.15, -0.1) is 0 Å². The van der Waals surface area contributed by atoms with E-state index in [0.717, 1.165) is 0 Å². The fraction of sp³-hybridized carbons (Fsp3) is 0.0625. The molecular formula is C16H14ClN3O3. The summed E-state index contributed by atoms with van der Waals surface area (Å²) in [4.78, 5) is 23.4. The zero-order valence-corrected chi connectivity index (χ0v) is 13.0. The van der Waals surface area contributed by atoms with Gasteiger partial charge in [-0.2, -0.15) is 5.10 Å². The van der Waals surface area contributed by atoms with Crippen molar-refractivity contribution in [3.05, 3.63) is 59.1 Å². The predicted octanol–water partition coefficient (Wildman–Crippen LogP) is 2.44. The third-order valence-electron chi connectivity index (χ3n) is 2.83. The van der Waals surface area contributed by atoms with E-state index >= 15 is 0 Å². The highest BCUT2D eigenvalue weighted by Crippen LogP contribution is 2.15. The van der Waals surface area contributed by atoms with Crippen LogP contribution in [0.3, 0.4) is 0 Å². The number of ether oxygens (including phenoxy) is 1. The quantitative estimate of drug-likeness (QED) is 0.513. The number of rotatable bonds is 4. The minimum Gasteiger partial charge on any atom is -0.497 e. The van der Waals surface area contributed by atoms with Crippen LogP contribution < -0.4 is 15.5 Å². The Kier molecular flexibility index (Phi) is 5.71. The van der Waals surface area contributed by atoms with E-state index in [1.807, 2.05) is 0 Å². The Labute approximate surface area is 138 Å². The number of nitrogens with zero attached hydrogens (tertiary/aromatic N) is 1. The number of hydrazone groups is 1. The van der Waals surface area contributed by atoms with Crippen molar-refractivity contribution in [2.75, 3.05) is 12.4 Å². The highest BCUT2D eigenvalue weighted by Gasteiger charge is 2.12. The molecule has 0 aliphatic rings. The maximum atomic E-state index is 11.7. The molecule has 2 rings (SSSR count). The summed E-state index contributed by atoms with van der Waals surface area (Å²) in [7, 11) is 1.54. The van der Waals surface area contributed by atoms with E-state index in [0.29, 0.717) is 22.0 Å². The fourth-order valence-electron chi connectivity index (χ4n) is 1.65. The summed E-state index contributed by atoms with van der Waals surface area (Å²) in [5, 5.41) is 6.64. The van der Waals surface area contributed by atoms with Crippen molar-refractivity contribution in [1.29, 1.82) is 0 Å². The van der Waals surface area contributed by atoms with Gasteiger partial charge in [0.15, 0.2) is 0 Å². The standard InChI is InChI=1S/C16H14ClN3O3/c1-23-13-8-6-12(7-9-13)19-15(21)16(22)20-18-10-11-4-2-3-5-14(11)17/h2-10H,1H3,(H,19,21)(H,20,22)/b18-10+. The van der Waals surface area contributed by atoms with Gasteiger partial charge in [0.1, 0.15) is 5.75 Å². The first-order valence-electron chi connectivity index (χ1n) is 6.63. The smallest absolute Gasteiger partial charge is 0.329 e. The number of anilines is 1. The fourth-order valence-corrected chi connectivity index (χ4v) is 1.84. The van der Waals surface area contributed by atoms with Crippen molar-refractivity contribution in [2.24, 2.45) is 5.10 Å². The van der Waals surface area contributed by atoms with E-state index in [2.05, 4.69) is 15.8 Å². The number of hydrogen-bond acceptors (Lipinski definition) is 4. The molecule has 0 saturated heterocycles. The van der Waals surface area contributed by atoms with Gasteiger partial charge < -0.3 is 10.1 Å². The topological polar surface area (TPSA) is 79.8 Å². The van der Waals surface area contributed by atoms with Crippen LogP contribution in [0.4, 0.5) is 5.69 Å². The van der Waals surface area contributed by atoms with E-state index in [-0.39, 0.29) is 0 Å². The lowest BCUT2D eigenvalue weighted by Crippen LogP contribution is -2.32. The first-order valence-corrected chi connectivity index (χ1v) is 7.01. The molecule has 2 N–H and O–H groups in total. The molecule has 0 unspecified atom stereocenters. The van der Waals surface area contributed by atoms with Crippen molar-refractivity contribution in [2.45, 2.75) is 0 Å². The Morgan fingerprint density at radius 1 is 1.09 bits per heavy atom. The lowest BCUT2D eigenvalue weighted by Gasteiger charge is -2.05. The number of carbonyl (C=O) groups excluding carboxylic acids is 2. The Morgan fingerprint density at radius 2 is 1.78 bits per heavy atom. The molecule has 118 valence electrons.